The first-order valence-electron chi connectivity index (χ1n) is 12.2. The summed E-state index contributed by atoms with van der Waals surface area (Å²) in [5.74, 6) is 0.610. The average Bonchev–Trinajstić information content (AvgIpc) is 3.32. The van der Waals surface area contributed by atoms with Crippen molar-refractivity contribution in [1.82, 2.24) is 19.8 Å². The standard InChI is InChI=1S/C25H30F3N5O2/c26-25(27,28)19-5-3-17(4-6-19)22-2-1-10-32(22)16-23(34)33-11-7-18-14-29-24(31-21(18)15-33)30-20-8-12-35-13-9-20/h3-6,14,20,22H,1-2,7-13,15-16H2,(H,29,30,31)/t22-/m1/s1. The van der Waals surface area contributed by atoms with Crippen molar-refractivity contribution in [3.05, 3.63) is 52.8 Å². The Hall–Kier alpha value is -2.72. The summed E-state index contributed by atoms with van der Waals surface area (Å²) in [6.07, 6.45) is 1.79. The Balaban J connectivity index is 1.21. The van der Waals surface area contributed by atoms with Crippen molar-refractivity contribution in [2.75, 3.05) is 38.2 Å². The zero-order valence-corrected chi connectivity index (χ0v) is 19.6. The lowest BCUT2D eigenvalue weighted by molar-refractivity contribution is -0.137. The minimum Gasteiger partial charge on any atom is -0.381 e. The predicted molar refractivity (Wildman–Crippen MR) is 124 cm³/mol. The Kier molecular flexibility index (Phi) is 6.93. The highest BCUT2D eigenvalue weighted by molar-refractivity contribution is 5.78. The molecule has 5 rings (SSSR count). The number of halogens is 3. The molecule has 1 aromatic carbocycles. The molecule has 35 heavy (non-hydrogen) atoms. The summed E-state index contributed by atoms with van der Waals surface area (Å²) in [6, 6.07) is 5.58. The SMILES string of the molecule is O=C(CN1CCC[C@@H]1c1ccc(C(F)(F)F)cc1)N1CCc2cnc(NC3CCOCC3)nc2C1. The summed E-state index contributed by atoms with van der Waals surface area (Å²) in [6.45, 7) is 3.52. The van der Waals surface area contributed by atoms with Gasteiger partial charge in [0.25, 0.3) is 0 Å². The van der Waals surface area contributed by atoms with Gasteiger partial charge in [0.15, 0.2) is 0 Å². The third kappa shape index (κ3) is 5.59. The van der Waals surface area contributed by atoms with Crippen molar-refractivity contribution in [2.24, 2.45) is 0 Å². The molecular formula is C25H30F3N5O2. The number of nitrogens with one attached hydrogen (secondary N) is 1. The Morgan fingerprint density at radius 1 is 1.11 bits per heavy atom. The fourth-order valence-corrected chi connectivity index (χ4v) is 5.17. The highest BCUT2D eigenvalue weighted by atomic mass is 19.4. The number of carbonyl (C=O) groups is 1. The number of alkyl halides is 3. The first-order chi connectivity index (χ1) is 16.9. The fourth-order valence-electron chi connectivity index (χ4n) is 5.17. The van der Waals surface area contributed by atoms with Crippen LogP contribution in [0.5, 0.6) is 0 Å². The van der Waals surface area contributed by atoms with E-state index in [1.165, 1.54) is 12.1 Å². The van der Waals surface area contributed by atoms with E-state index >= 15 is 0 Å². The molecule has 0 saturated carbocycles. The third-order valence-electron chi connectivity index (χ3n) is 7.18. The number of fused-ring (bicyclic) bond motifs is 1. The average molecular weight is 490 g/mol. The van der Waals surface area contributed by atoms with Crippen LogP contribution in [-0.2, 0) is 28.7 Å². The van der Waals surface area contributed by atoms with Gasteiger partial charge in [-0.15, -0.1) is 0 Å². The number of nitrogens with zero attached hydrogens (tertiary/aromatic N) is 4. The van der Waals surface area contributed by atoms with Gasteiger partial charge in [0, 0.05) is 38.0 Å². The molecule has 3 aliphatic heterocycles. The number of hydrogen-bond donors (Lipinski definition) is 1. The van der Waals surface area contributed by atoms with E-state index in [-0.39, 0.29) is 18.5 Å². The second kappa shape index (κ2) is 10.1. The highest BCUT2D eigenvalue weighted by Crippen LogP contribution is 2.35. The number of amides is 1. The molecule has 0 spiro atoms. The Bertz CT molecular complexity index is 1040. The van der Waals surface area contributed by atoms with Gasteiger partial charge < -0.3 is 15.0 Å². The lowest BCUT2D eigenvalue weighted by atomic mass is 10.0. The van der Waals surface area contributed by atoms with E-state index in [4.69, 9.17) is 9.72 Å². The highest BCUT2D eigenvalue weighted by Gasteiger charge is 2.33. The van der Waals surface area contributed by atoms with E-state index in [0.29, 0.717) is 31.5 Å². The molecule has 1 amide bonds. The van der Waals surface area contributed by atoms with Crippen LogP contribution in [0.2, 0.25) is 0 Å². The van der Waals surface area contributed by atoms with Gasteiger partial charge in [-0.05, 0) is 61.9 Å². The van der Waals surface area contributed by atoms with E-state index in [0.717, 1.165) is 74.4 Å². The van der Waals surface area contributed by atoms with Crippen LogP contribution in [0.25, 0.3) is 0 Å². The van der Waals surface area contributed by atoms with Gasteiger partial charge in [-0.25, -0.2) is 9.97 Å². The van der Waals surface area contributed by atoms with Gasteiger partial charge >= 0.3 is 6.18 Å². The number of aromatic nitrogens is 2. The molecule has 3 aliphatic rings. The summed E-state index contributed by atoms with van der Waals surface area (Å²) in [5.41, 5.74) is 2.11. The Morgan fingerprint density at radius 3 is 2.63 bits per heavy atom. The summed E-state index contributed by atoms with van der Waals surface area (Å²) in [7, 11) is 0. The van der Waals surface area contributed by atoms with Gasteiger partial charge in [-0.1, -0.05) is 12.1 Å². The molecule has 4 heterocycles. The van der Waals surface area contributed by atoms with Crippen molar-refractivity contribution < 1.29 is 22.7 Å². The topological polar surface area (TPSA) is 70.6 Å². The van der Waals surface area contributed by atoms with Crippen LogP contribution in [0.15, 0.2) is 30.5 Å². The summed E-state index contributed by atoms with van der Waals surface area (Å²) in [4.78, 5) is 26.3. The molecule has 0 radical (unpaired) electrons. The zero-order chi connectivity index (χ0) is 24.4. The molecule has 1 N–H and O–H groups in total. The largest absolute Gasteiger partial charge is 0.416 e. The first-order valence-corrected chi connectivity index (χ1v) is 12.2. The minimum absolute atomic E-state index is 0.0204. The smallest absolute Gasteiger partial charge is 0.381 e. The van der Waals surface area contributed by atoms with Gasteiger partial charge in [0.2, 0.25) is 11.9 Å². The van der Waals surface area contributed by atoms with E-state index in [2.05, 4.69) is 15.2 Å². The molecule has 2 aromatic rings. The molecule has 7 nitrogen and oxygen atoms in total. The molecule has 2 saturated heterocycles. The normalized spacial score (nSPS) is 21.7. The molecular weight excluding hydrogens is 459 g/mol. The van der Waals surface area contributed by atoms with Gasteiger partial charge in [0.1, 0.15) is 0 Å². The molecule has 0 bridgehead atoms. The van der Waals surface area contributed by atoms with Crippen LogP contribution in [0.1, 0.15) is 54.1 Å². The number of rotatable bonds is 5. The van der Waals surface area contributed by atoms with Crippen molar-refractivity contribution in [3.63, 3.8) is 0 Å². The molecule has 0 aliphatic carbocycles. The maximum Gasteiger partial charge on any atom is 0.416 e. The van der Waals surface area contributed by atoms with Crippen LogP contribution in [-0.4, -0.2) is 64.6 Å². The second-order valence-electron chi connectivity index (χ2n) is 9.51. The molecule has 1 atom stereocenters. The predicted octanol–water partition coefficient (Wildman–Crippen LogP) is 3.81. The minimum atomic E-state index is -4.35. The van der Waals surface area contributed by atoms with Gasteiger partial charge in [-0.2, -0.15) is 13.2 Å². The summed E-state index contributed by atoms with van der Waals surface area (Å²) >= 11 is 0. The number of anilines is 1. The molecule has 10 heteroatoms. The maximum atomic E-state index is 13.2. The molecule has 2 fully saturated rings. The summed E-state index contributed by atoms with van der Waals surface area (Å²) < 4.78 is 44.2. The van der Waals surface area contributed by atoms with E-state index in [1.807, 2.05) is 11.1 Å². The van der Waals surface area contributed by atoms with Crippen molar-refractivity contribution >= 4 is 11.9 Å². The number of ether oxygens (including phenoxy) is 1. The molecule has 1 aromatic heterocycles. The monoisotopic (exact) mass is 489 g/mol. The zero-order valence-electron chi connectivity index (χ0n) is 19.6. The van der Waals surface area contributed by atoms with E-state index < -0.39 is 11.7 Å². The summed E-state index contributed by atoms with van der Waals surface area (Å²) in [5, 5.41) is 3.39. The maximum absolute atomic E-state index is 13.2. The van der Waals surface area contributed by atoms with Crippen molar-refractivity contribution in [2.45, 2.75) is 56.9 Å². The Labute approximate surface area is 202 Å². The van der Waals surface area contributed by atoms with Crippen molar-refractivity contribution in [3.8, 4) is 0 Å². The number of hydrogen-bond acceptors (Lipinski definition) is 6. The van der Waals surface area contributed by atoms with E-state index in [1.54, 1.807) is 0 Å². The van der Waals surface area contributed by atoms with Crippen LogP contribution in [0.4, 0.5) is 19.1 Å². The van der Waals surface area contributed by atoms with Crippen LogP contribution in [0.3, 0.4) is 0 Å². The van der Waals surface area contributed by atoms with Crippen LogP contribution in [0, 0.1) is 0 Å². The Morgan fingerprint density at radius 2 is 1.89 bits per heavy atom. The second-order valence-corrected chi connectivity index (χ2v) is 9.51. The molecule has 0 unspecified atom stereocenters. The lowest BCUT2D eigenvalue weighted by Gasteiger charge is -2.32. The number of carbonyl (C=O) groups excluding carboxylic acids is 1. The fraction of sp³-hybridized carbons (Fsp3) is 0.560. The first kappa shape index (κ1) is 24.0. The van der Waals surface area contributed by atoms with Crippen LogP contribution < -0.4 is 5.32 Å². The van der Waals surface area contributed by atoms with Gasteiger partial charge in [-0.3, -0.25) is 9.69 Å². The van der Waals surface area contributed by atoms with E-state index in [9.17, 15) is 18.0 Å². The van der Waals surface area contributed by atoms with Crippen LogP contribution >= 0.6 is 0 Å². The lowest BCUT2D eigenvalue weighted by Crippen LogP contribution is -2.43. The van der Waals surface area contributed by atoms with Crippen molar-refractivity contribution in [1.29, 1.82) is 0 Å². The molecule has 188 valence electrons. The van der Waals surface area contributed by atoms with Gasteiger partial charge in [0.05, 0.1) is 24.3 Å². The number of likely N-dealkylation sites (tertiary alicyclic amines) is 1. The third-order valence-corrected chi connectivity index (χ3v) is 7.18. The quantitative estimate of drug-likeness (QED) is 0.689. The number of benzene rings is 1.